The summed E-state index contributed by atoms with van der Waals surface area (Å²) in [5.41, 5.74) is 0.878. The number of carbonyl (C=O) groups excluding carboxylic acids is 1. The number of hydrogen-bond donors (Lipinski definition) is 0. The Morgan fingerprint density at radius 3 is 2.92 bits per heavy atom. The van der Waals surface area contributed by atoms with Gasteiger partial charge < -0.3 is 0 Å². The van der Waals surface area contributed by atoms with E-state index in [0.717, 1.165) is 5.56 Å². The van der Waals surface area contributed by atoms with Gasteiger partial charge in [-0.3, -0.25) is 4.79 Å². The van der Waals surface area contributed by atoms with E-state index >= 15 is 0 Å². The molecule has 1 atom stereocenters. The topological polar surface area (TPSA) is 17.1 Å². The lowest BCUT2D eigenvalue weighted by Crippen LogP contribution is -2.07. The van der Waals surface area contributed by atoms with E-state index in [2.05, 4.69) is 15.9 Å². The minimum Gasteiger partial charge on any atom is -0.293 e. The third-order valence-electron chi connectivity index (χ3n) is 2.11. The van der Waals surface area contributed by atoms with Gasteiger partial charge in [0.25, 0.3) is 0 Å². The maximum atomic E-state index is 13.4. The monoisotopic (exact) mass is 262 g/mol. The molecule has 0 bridgehead atoms. The van der Waals surface area contributed by atoms with Crippen LogP contribution in [0.3, 0.4) is 0 Å². The summed E-state index contributed by atoms with van der Waals surface area (Å²) in [6, 6.07) is 3.17. The number of carbonyl (C=O) groups is 1. The molecule has 0 amide bonds. The van der Waals surface area contributed by atoms with Crippen LogP contribution in [0.4, 0.5) is 4.39 Å². The van der Waals surface area contributed by atoms with Crippen LogP contribution >= 0.6 is 27.5 Å². The molecule has 0 aliphatic heterocycles. The fraction of sp³-hybridized carbons (Fsp3) is 0.222. The van der Waals surface area contributed by atoms with Gasteiger partial charge >= 0.3 is 0 Å². The Hall–Kier alpha value is -0.410. The summed E-state index contributed by atoms with van der Waals surface area (Å²) in [4.78, 5) is 11.1. The summed E-state index contributed by atoms with van der Waals surface area (Å²) < 4.78 is 13.4. The largest absolute Gasteiger partial charge is 0.293 e. The lowest BCUT2D eigenvalue weighted by molar-refractivity contribution is 0.0998. The van der Waals surface area contributed by atoms with Crippen molar-refractivity contribution in [1.82, 2.24) is 0 Å². The van der Waals surface area contributed by atoms with Crippen LogP contribution in [0.25, 0.3) is 0 Å². The molecule has 1 aliphatic carbocycles. The molecule has 0 saturated carbocycles. The van der Waals surface area contributed by atoms with E-state index in [1.807, 2.05) is 0 Å². The molecule has 1 unspecified atom stereocenters. The molecule has 1 aromatic rings. The zero-order chi connectivity index (χ0) is 9.59. The molecule has 0 N–H and O–H groups in total. The van der Waals surface area contributed by atoms with Crippen molar-refractivity contribution in [2.75, 3.05) is 0 Å². The molecule has 1 aliphatic rings. The molecule has 0 heterocycles. The first-order valence-electron chi connectivity index (χ1n) is 3.76. The van der Waals surface area contributed by atoms with Crippen molar-refractivity contribution in [3.05, 3.63) is 34.1 Å². The van der Waals surface area contributed by atoms with Crippen molar-refractivity contribution >= 4 is 33.3 Å². The Balaban J connectivity index is 2.66. The van der Waals surface area contributed by atoms with E-state index in [0.29, 0.717) is 6.42 Å². The van der Waals surface area contributed by atoms with E-state index in [4.69, 9.17) is 11.6 Å². The Morgan fingerprint density at radius 1 is 1.54 bits per heavy atom. The van der Waals surface area contributed by atoms with Gasteiger partial charge in [-0.1, -0.05) is 33.6 Å². The lowest BCUT2D eigenvalue weighted by atomic mass is 10.1. The molecular weight excluding hydrogens is 258 g/mol. The first-order valence-corrected chi connectivity index (χ1v) is 5.06. The highest BCUT2D eigenvalue weighted by molar-refractivity contribution is 9.10. The van der Waals surface area contributed by atoms with Gasteiger partial charge in [-0.2, -0.15) is 0 Å². The predicted molar refractivity (Wildman–Crippen MR) is 52.2 cm³/mol. The molecule has 0 fully saturated rings. The second kappa shape index (κ2) is 3.07. The summed E-state index contributed by atoms with van der Waals surface area (Å²) >= 11 is 8.75. The SMILES string of the molecule is O=C1c2c(ccc(Cl)c2F)CC1Br. The first-order chi connectivity index (χ1) is 6.11. The van der Waals surface area contributed by atoms with E-state index < -0.39 is 5.82 Å². The number of benzene rings is 1. The van der Waals surface area contributed by atoms with Crippen LogP contribution < -0.4 is 0 Å². The third-order valence-corrected chi connectivity index (χ3v) is 3.14. The second-order valence-corrected chi connectivity index (χ2v) is 4.44. The summed E-state index contributed by atoms with van der Waals surface area (Å²) in [6.45, 7) is 0. The fourth-order valence-electron chi connectivity index (χ4n) is 1.47. The highest BCUT2D eigenvalue weighted by atomic mass is 79.9. The Bertz CT molecular complexity index is 391. The maximum absolute atomic E-state index is 13.4. The molecule has 68 valence electrons. The third kappa shape index (κ3) is 1.30. The maximum Gasteiger partial charge on any atom is 0.180 e. The molecule has 0 aromatic heterocycles. The first kappa shape index (κ1) is 9.16. The van der Waals surface area contributed by atoms with Crippen LogP contribution in [0.5, 0.6) is 0 Å². The van der Waals surface area contributed by atoms with Crippen molar-refractivity contribution in [3.8, 4) is 0 Å². The molecule has 2 rings (SSSR count). The number of fused-ring (bicyclic) bond motifs is 1. The molecule has 0 radical (unpaired) electrons. The molecule has 0 spiro atoms. The normalized spacial score (nSPS) is 20.5. The van der Waals surface area contributed by atoms with Crippen LogP contribution in [0.2, 0.25) is 5.02 Å². The van der Waals surface area contributed by atoms with Gasteiger partial charge in [0.05, 0.1) is 15.4 Å². The van der Waals surface area contributed by atoms with Gasteiger partial charge in [-0.15, -0.1) is 0 Å². The summed E-state index contributed by atoms with van der Waals surface area (Å²) in [6.07, 6.45) is 0.544. The molecule has 1 nitrogen and oxygen atoms in total. The van der Waals surface area contributed by atoms with Gasteiger partial charge in [-0.05, 0) is 18.1 Å². The van der Waals surface area contributed by atoms with Crippen LogP contribution in [-0.4, -0.2) is 10.6 Å². The zero-order valence-electron chi connectivity index (χ0n) is 6.48. The number of rotatable bonds is 0. The Kier molecular flexibility index (Phi) is 2.16. The van der Waals surface area contributed by atoms with E-state index in [1.165, 1.54) is 6.07 Å². The molecular formula is C9H5BrClFO. The quantitative estimate of drug-likeness (QED) is 0.658. The molecule has 13 heavy (non-hydrogen) atoms. The van der Waals surface area contributed by atoms with Gasteiger partial charge in [0.1, 0.15) is 0 Å². The molecule has 4 heteroatoms. The Morgan fingerprint density at radius 2 is 2.23 bits per heavy atom. The number of hydrogen-bond acceptors (Lipinski definition) is 1. The zero-order valence-corrected chi connectivity index (χ0v) is 8.82. The van der Waals surface area contributed by atoms with Crippen molar-refractivity contribution in [1.29, 1.82) is 0 Å². The predicted octanol–water partition coefficient (Wildman–Crippen LogP) is 2.98. The number of Topliss-reactive ketones (excluding diaryl/α,β-unsaturated/α-hetero) is 1. The van der Waals surface area contributed by atoms with E-state index in [9.17, 15) is 9.18 Å². The minimum atomic E-state index is -0.592. The van der Waals surface area contributed by atoms with Crippen LogP contribution in [-0.2, 0) is 6.42 Å². The van der Waals surface area contributed by atoms with Crippen molar-refractivity contribution < 1.29 is 9.18 Å². The number of alkyl halides is 1. The highest BCUT2D eigenvalue weighted by Gasteiger charge is 2.31. The average Bonchev–Trinajstić information content (AvgIpc) is 2.37. The summed E-state index contributed by atoms with van der Waals surface area (Å²) in [5, 5.41) is 0.00806. The molecule has 1 aromatic carbocycles. The van der Waals surface area contributed by atoms with Crippen LogP contribution in [0, 0.1) is 5.82 Å². The standard InChI is InChI=1S/C9H5BrClFO/c10-5-3-4-1-2-6(11)8(12)7(4)9(5)13/h1-2,5H,3H2. The van der Waals surface area contributed by atoms with Crippen molar-refractivity contribution in [3.63, 3.8) is 0 Å². The fourth-order valence-corrected chi connectivity index (χ4v) is 2.20. The van der Waals surface area contributed by atoms with Gasteiger partial charge in [0.2, 0.25) is 0 Å². The van der Waals surface area contributed by atoms with Gasteiger partial charge in [0.15, 0.2) is 11.6 Å². The van der Waals surface area contributed by atoms with Gasteiger partial charge in [-0.25, -0.2) is 4.39 Å². The van der Waals surface area contributed by atoms with E-state index in [1.54, 1.807) is 6.07 Å². The van der Waals surface area contributed by atoms with Crippen molar-refractivity contribution in [2.45, 2.75) is 11.2 Å². The van der Waals surface area contributed by atoms with Crippen LogP contribution in [0.1, 0.15) is 15.9 Å². The smallest absolute Gasteiger partial charge is 0.180 e. The Labute approximate surface area is 88.0 Å². The number of ketones is 1. The highest BCUT2D eigenvalue weighted by Crippen LogP contribution is 2.31. The minimum absolute atomic E-state index is 0.00806. The lowest BCUT2D eigenvalue weighted by Gasteiger charge is -1.99. The average molecular weight is 263 g/mol. The van der Waals surface area contributed by atoms with Gasteiger partial charge in [0, 0.05) is 0 Å². The second-order valence-electron chi connectivity index (χ2n) is 2.93. The van der Waals surface area contributed by atoms with Crippen molar-refractivity contribution in [2.24, 2.45) is 0 Å². The molecule has 0 saturated heterocycles. The summed E-state index contributed by atoms with van der Waals surface area (Å²) in [5.74, 6) is -0.805. The van der Waals surface area contributed by atoms with E-state index in [-0.39, 0.29) is 21.2 Å². The summed E-state index contributed by atoms with van der Waals surface area (Å²) in [7, 11) is 0. The number of halogens is 3. The van der Waals surface area contributed by atoms with Crippen LogP contribution in [0.15, 0.2) is 12.1 Å².